The van der Waals surface area contributed by atoms with Gasteiger partial charge >= 0.3 is 0 Å². The fourth-order valence-electron chi connectivity index (χ4n) is 2.16. The highest BCUT2D eigenvalue weighted by Gasteiger charge is 2.12. The minimum atomic E-state index is 0.229. The van der Waals surface area contributed by atoms with Gasteiger partial charge < -0.3 is 9.09 Å². The van der Waals surface area contributed by atoms with Crippen LogP contribution in [0, 0.1) is 0 Å². The Hall–Kier alpha value is -2.14. The summed E-state index contributed by atoms with van der Waals surface area (Å²) in [5, 5.41) is 4.73. The van der Waals surface area contributed by atoms with E-state index in [9.17, 15) is 0 Å². The zero-order valence-corrected chi connectivity index (χ0v) is 12.4. The third-order valence-electron chi connectivity index (χ3n) is 3.27. The Kier molecular flexibility index (Phi) is 4.01. The molecule has 0 N–H and O–H groups in total. The maximum atomic E-state index is 5.97. The van der Waals surface area contributed by atoms with E-state index < -0.39 is 0 Å². The van der Waals surface area contributed by atoms with Crippen LogP contribution >= 0.6 is 11.6 Å². The molecule has 0 fully saturated rings. The molecule has 1 unspecified atom stereocenters. The topological polar surface area (TPSA) is 56.7 Å². The molecule has 1 atom stereocenters. The van der Waals surface area contributed by atoms with Crippen LogP contribution in [0.15, 0.2) is 47.5 Å². The van der Waals surface area contributed by atoms with Crippen LogP contribution in [0.5, 0.6) is 0 Å². The lowest BCUT2D eigenvalue weighted by Crippen LogP contribution is -2.06. The zero-order valence-electron chi connectivity index (χ0n) is 11.6. The molecule has 2 heterocycles. The van der Waals surface area contributed by atoms with Crippen molar-refractivity contribution in [1.29, 1.82) is 0 Å². The van der Waals surface area contributed by atoms with Crippen molar-refractivity contribution in [1.82, 2.24) is 19.7 Å². The van der Waals surface area contributed by atoms with E-state index in [1.165, 1.54) is 0 Å². The highest BCUT2D eigenvalue weighted by Crippen LogP contribution is 2.15. The molecular weight excluding hydrogens is 288 g/mol. The number of benzene rings is 1. The Morgan fingerprint density at radius 2 is 2.29 bits per heavy atom. The maximum absolute atomic E-state index is 5.97. The van der Waals surface area contributed by atoms with Crippen molar-refractivity contribution in [2.75, 3.05) is 0 Å². The summed E-state index contributed by atoms with van der Waals surface area (Å²) in [4.78, 5) is 8.47. The van der Waals surface area contributed by atoms with E-state index in [-0.39, 0.29) is 6.04 Å². The smallest absolute Gasteiger partial charge is 0.228 e. The minimum Gasteiger partial charge on any atom is -0.339 e. The van der Waals surface area contributed by atoms with E-state index in [4.69, 9.17) is 16.1 Å². The van der Waals surface area contributed by atoms with Crippen LogP contribution in [0.2, 0.25) is 5.02 Å². The van der Waals surface area contributed by atoms with Crippen molar-refractivity contribution in [3.8, 4) is 0 Å². The van der Waals surface area contributed by atoms with Crippen molar-refractivity contribution in [3.63, 3.8) is 0 Å². The fraction of sp³-hybridized carbons (Fsp3) is 0.267. The summed E-state index contributed by atoms with van der Waals surface area (Å²) in [5.41, 5.74) is 1.07. The van der Waals surface area contributed by atoms with Gasteiger partial charge in [0.1, 0.15) is 0 Å². The third-order valence-corrected chi connectivity index (χ3v) is 3.50. The second-order valence-corrected chi connectivity index (χ2v) is 5.41. The molecular formula is C15H15ClN4O. The monoisotopic (exact) mass is 302 g/mol. The number of rotatable bonds is 5. The van der Waals surface area contributed by atoms with Gasteiger partial charge in [0, 0.05) is 36.3 Å². The second-order valence-electron chi connectivity index (χ2n) is 4.97. The molecule has 108 valence electrons. The van der Waals surface area contributed by atoms with Gasteiger partial charge in [0.15, 0.2) is 5.82 Å². The normalized spacial score (nSPS) is 12.5. The molecule has 0 aliphatic rings. The number of nitrogens with zero attached hydrogens (tertiary/aromatic N) is 4. The summed E-state index contributed by atoms with van der Waals surface area (Å²) in [6.07, 6.45) is 6.76. The molecule has 0 amide bonds. The SMILES string of the molecule is CC(Cc1nc(Cc2cccc(Cl)c2)no1)n1ccnc1. The fourth-order valence-corrected chi connectivity index (χ4v) is 2.38. The quantitative estimate of drug-likeness (QED) is 0.725. The predicted octanol–water partition coefficient (Wildman–Crippen LogP) is 3.31. The second kappa shape index (κ2) is 6.10. The molecule has 0 saturated carbocycles. The maximum Gasteiger partial charge on any atom is 0.228 e. The lowest BCUT2D eigenvalue weighted by atomic mass is 10.1. The van der Waals surface area contributed by atoms with Crippen LogP contribution in [-0.4, -0.2) is 19.7 Å². The van der Waals surface area contributed by atoms with E-state index in [0.717, 1.165) is 5.56 Å². The molecule has 0 aliphatic heterocycles. The van der Waals surface area contributed by atoms with Crippen molar-refractivity contribution in [3.05, 3.63) is 65.3 Å². The van der Waals surface area contributed by atoms with Crippen LogP contribution in [0.4, 0.5) is 0 Å². The predicted molar refractivity (Wildman–Crippen MR) is 79.2 cm³/mol. The first-order valence-electron chi connectivity index (χ1n) is 6.74. The Balaban J connectivity index is 1.66. The summed E-state index contributed by atoms with van der Waals surface area (Å²) < 4.78 is 7.32. The average molecular weight is 303 g/mol. The largest absolute Gasteiger partial charge is 0.339 e. The van der Waals surface area contributed by atoms with Gasteiger partial charge in [0.05, 0.1) is 6.33 Å². The summed E-state index contributed by atoms with van der Waals surface area (Å²) in [6.45, 7) is 2.09. The van der Waals surface area contributed by atoms with Crippen LogP contribution in [-0.2, 0) is 12.8 Å². The van der Waals surface area contributed by atoms with Gasteiger partial charge in [-0.2, -0.15) is 4.98 Å². The van der Waals surface area contributed by atoms with Gasteiger partial charge in [-0.3, -0.25) is 0 Å². The van der Waals surface area contributed by atoms with Crippen LogP contribution in [0.25, 0.3) is 0 Å². The van der Waals surface area contributed by atoms with Crippen molar-refractivity contribution in [2.24, 2.45) is 0 Å². The number of halogens is 1. The van der Waals surface area contributed by atoms with Gasteiger partial charge in [-0.05, 0) is 24.6 Å². The lowest BCUT2D eigenvalue weighted by Gasteiger charge is -2.09. The first kappa shape index (κ1) is 13.8. The first-order chi connectivity index (χ1) is 10.2. The molecule has 0 radical (unpaired) electrons. The molecule has 0 aliphatic carbocycles. The number of hydrogen-bond acceptors (Lipinski definition) is 4. The first-order valence-corrected chi connectivity index (χ1v) is 7.12. The molecule has 5 nitrogen and oxygen atoms in total. The minimum absolute atomic E-state index is 0.229. The van der Waals surface area contributed by atoms with E-state index in [0.29, 0.717) is 29.6 Å². The summed E-state index contributed by atoms with van der Waals surface area (Å²) >= 11 is 5.97. The molecule has 0 bridgehead atoms. The van der Waals surface area contributed by atoms with Crippen LogP contribution in [0.3, 0.4) is 0 Å². The number of imidazole rings is 1. The highest BCUT2D eigenvalue weighted by molar-refractivity contribution is 6.30. The lowest BCUT2D eigenvalue weighted by molar-refractivity contribution is 0.353. The summed E-state index contributed by atoms with van der Waals surface area (Å²) in [6, 6.07) is 7.90. The molecule has 1 aromatic carbocycles. The molecule has 0 saturated heterocycles. The third kappa shape index (κ3) is 3.49. The molecule has 3 rings (SSSR count). The highest BCUT2D eigenvalue weighted by atomic mass is 35.5. The molecule has 6 heteroatoms. The zero-order chi connectivity index (χ0) is 14.7. The molecule has 3 aromatic rings. The average Bonchev–Trinajstić information content (AvgIpc) is 3.10. The van der Waals surface area contributed by atoms with Crippen LogP contribution < -0.4 is 0 Å². The van der Waals surface area contributed by atoms with E-state index in [1.54, 1.807) is 12.5 Å². The number of aromatic nitrogens is 4. The standard InChI is InChI=1S/C15H15ClN4O/c1-11(20-6-5-17-10-20)7-15-18-14(19-21-15)9-12-3-2-4-13(16)8-12/h2-6,8,10-11H,7,9H2,1H3. The molecule has 2 aromatic heterocycles. The van der Waals surface area contributed by atoms with Gasteiger partial charge in [0.2, 0.25) is 5.89 Å². The van der Waals surface area contributed by atoms with E-state index >= 15 is 0 Å². The summed E-state index contributed by atoms with van der Waals surface area (Å²) in [5.74, 6) is 1.30. The van der Waals surface area contributed by atoms with Crippen LogP contribution in [0.1, 0.15) is 30.2 Å². The van der Waals surface area contributed by atoms with E-state index in [1.807, 2.05) is 35.0 Å². The molecule has 0 spiro atoms. The number of hydrogen-bond donors (Lipinski definition) is 0. The van der Waals surface area contributed by atoms with Gasteiger partial charge in [-0.1, -0.05) is 28.9 Å². The van der Waals surface area contributed by atoms with Gasteiger partial charge in [0.25, 0.3) is 0 Å². The van der Waals surface area contributed by atoms with Gasteiger partial charge in [-0.25, -0.2) is 4.98 Å². The van der Waals surface area contributed by atoms with Crippen molar-refractivity contribution < 1.29 is 4.52 Å². The van der Waals surface area contributed by atoms with Crippen molar-refractivity contribution in [2.45, 2.75) is 25.8 Å². The Morgan fingerprint density at radius 1 is 1.38 bits per heavy atom. The Labute approximate surface area is 127 Å². The van der Waals surface area contributed by atoms with E-state index in [2.05, 4.69) is 22.0 Å². The summed E-state index contributed by atoms with van der Waals surface area (Å²) in [7, 11) is 0. The molecule has 21 heavy (non-hydrogen) atoms. The Bertz CT molecular complexity index is 708. The van der Waals surface area contributed by atoms with Gasteiger partial charge in [-0.15, -0.1) is 0 Å². The van der Waals surface area contributed by atoms with Crippen molar-refractivity contribution >= 4 is 11.6 Å². The Morgan fingerprint density at radius 3 is 3.05 bits per heavy atom.